The van der Waals surface area contributed by atoms with Gasteiger partial charge in [-0.3, -0.25) is 4.98 Å². The highest BCUT2D eigenvalue weighted by atomic mass is 79.9. The molecule has 15 heavy (non-hydrogen) atoms. The number of nitrogens with zero attached hydrogens (tertiary/aromatic N) is 1. The molecule has 0 bridgehead atoms. The van der Waals surface area contributed by atoms with E-state index in [2.05, 4.69) is 45.3 Å². The summed E-state index contributed by atoms with van der Waals surface area (Å²) in [6, 6.07) is 8.23. The van der Waals surface area contributed by atoms with Crippen molar-refractivity contribution in [2.24, 2.45) is 0 Å². The highest BCUT2D eigenvalue weighted by Crippen LogP contribution is 2.26. The van der Waals surface area contributed by atoms with Crippen LogP contribution in [0.1, 0.15) is 12.6 Å². The van der Waals surface area contributed by atoms with Crippen LogP contribution in [0.25, 0.3) is 10.9 Å². The molecule has 1 aromatic heterocycles. The summed E-state index contributed by atoms with van der Waals surface area (Å²) in [5.74, 6) is 0. The Morgan fingerprint density at radius 3 is 2.87 bits per heavy atom. The van der Waals surface area contributed by atoms with Gasteiger partial charge in [-0.25, -0.2) is 0 Å². The van der Waals surface area contributed by atoms with Crippen molar-refractivity contribution in [3.05, 3.63) is 34.4 Å². The Bertz CT molecular complexity index is 494. The zero-order chi connectivity index (χ0) is 10.8. The van der Waals surface area contributed by atoms with Crippen LogP contribution in [0.3, 0.4) is 0 Å². The van der Waals surface area contributed by atoms with Gasteiger partial charge in [0.05, 0.1) is 5.52 Å². The second-order valence-corrected chi connectivity index (χ2v) is 4.42. The molecule has 0 aliphatic rings. The quantitative estimate of drug-likeness (QED) is 0.894. The van der Waals surface area contributed by atoms with E-state index < -0.39 is 0 Å². The Balaban J connectivity index is 2.70. The van der Waals surface area contributed by atoms with Gasteiger partial charge in [-0.1, -0.05) is 15.9 Å². The van der Waals surface area contributed by atoms with Gasteiger partial charge in [0.15, 0.2) is 0 Å². The number of halogens is 1. The van der Waals surface area contributed by atoms with Gasteiger partial charge in [0.1, 0.15) is 0 Å². The second-order valence-electron chi connectivity index (χ2n) is 3.50. The molecule has 2 aromatic rings. The van der Waals surface area contributed by atoms with Crippen molar-refractivity contribution in [3.63, 3.8) is 0 Å². The Hall–Kier alpha value is -1.09. The summed E-state index contributed by atoms with van der Waals surface area (Å²) < 4.78 is 1.08. The molecule has 1 heterocycles. The number of hydrogen-bond donors (Lipinski definition) is 1. The average molecular weight is 265 g/mol. The number of nitrogens with one attached hydrogen (secondary N) is 1. The molecular weight excluding hydrogens is 252 g/mol. The topological polar surface area (TPSA) is 24.9 Å². The van der Waals surface area contributed by atoms with Crippen LogP contribution >= 0.6 is 15.9 Å². The molecule has 0 aliphatic carbocycles. The standard InChI is InChI=1S/C12H13BrN2/c1-3-14-12-6-8(2)15-11-5-4-9(13)7-10(11)12/h4-7H,3H2,1-2H3,(H,14,15). The number of pyridine rings is 1. The highest BCUT2D eigenvalue weighted by molar-refractivity contribution is 9.10. The maximum absolute atomic E-state index is 4.50. The number of rotatable bonds is 2. The Labute approximate surface area is 97.8 Å². The van der Waals surface area contributed by atoms with Crippen molar-refractivity contribution in [1.82, 2.24) is 4.98 Å². The third kappa shape index (κ3) is 2.12. The molecule has 0 saturated carbocycles. The van der Waals surface area contributed by atoms with E-state index in [-0.39, 0.29) is 0 Å². The Morgan fingerprint density at radius 2 is 2.13 bits per heavy atom. The number of hydrogen-bond acceptors (Lipinski definition) is 2. The van der Waals surface area contributed by atoms with Crippen molar-refractivity contribution < 1.29 is 0 Å². The highest BCUT2D eigenvalue weighted by Gasteiger charge is 2.03. The minimum Gasteiger partial charge on any atom is -0.385 e. The zero-order valence-electron chi connectivity index (χ0n) is 8.84. The van der Waals surface area contributed by atoms with Crippen molar-refractivity contribution in [1.29, 1.82) is 0 Å². The number of fused-ring (bicyclic) bond motifs is 1. The molecule has 0 spiro atoms. The van der Waals surface area contributed by atoms with Crippen LogP contribution in [0, 0.1) is 6.92 Å². The van der Waals surface area contributed by atoms with Gasteiger partial charge >= 0.3 is 0 Å². The van der Waals surface area contributed by atoms with Crippen molar-refractivity contribution >= 4 is 32.5 Å². The van der Waals surface area contributed by atoms with E-state index >= 15 is 0 Å². The summed E-state index contributed by atoms with van der Waals surface area (Å²) in [6.07, 6.45) is 0. The number of benzene rings is 1. The molecule has 2 nitrogen and oxygen atoms in total. The van der Waals surface area contributed by atoms with Crippen LogP contribution in [-0.4, -0.2) is 11.5 Å². The van der Waals surface area contributed by atoms with E-state index in [9.17, 15) is 0 Å². The van der Waals surface area contributed by atoms with Crippen LogP contribution in [0.2, 0.25) is 0 Å². The summed E-state index contributed by atoms with van der Waals surface area (Å²) in [5.41, 5.74) is 3.23. The smallest absolute Gasteiger partial charge is 0.0726 e. The van der Waals surface area contributed by atoms with E-state index in [0.717, 1.165) is 33.3 Å². The average Bonchev–Trinajstić information content (AvgIpc) is 2.19. The van der Waals surface area contributed by atoms with E-state index in [4.69, 9.17) is 0 Å². The van der Waals surface area contributed by atoms with E-state index in [1.165, 1.54) is 0 Å². The maximum atomic E-state index is 4.50. The van der Waals surface area contributed by atoms with Gasteiger partial charge in [-0.05, 0) is 38.1 Å². The molecule has 1 aromatic carbocycles. The van der Waals surface area contributed by atoms with Gasteiger partial charge in [0, 0.05) is 27.8 Å². The first-order valence-corrected chi connectivity index (χ1v) is 5.81. The lowest BCUT2D eigenvalue weighted by Gasteiger charge is -2.09. The predicted octanol–water partition coefficient (Wildman–Crippen LogP) is 3.74. The van der Waals surface area contributed by atoms with Gasteiger partial charge in [-0.15, -0.1) is 0 Å². The molecule has 3 heteroatoms. The minimum absolute atomic E-state index is 0.922. The first-order chi connectivity index (χ1) is 7.20. The normalized spacial score (nSPS) is 10.6. The molecule has 0 aliphatic heterocycles. The van der Waals surface area contributed by atoms with E-state index in [1.54, 1.807) is 0 Å². The first kappa shape index (κ1) is 10.4. The molecule has 0 amide bonds. The predicted molar refractivity (Wildman–Crippen MR) is 68.3 cm³/mol. The van der Waals surface area contributed by atoms with Gasteiger partial charge < -0.3 is 5.32 Å². The van der Waals surface area contributed by atoms with Crippen LogP contribution in [-0.2, 0) is 0 Å². The molecule has 0 radical (unpaired) electrons. The summed E-state index contributed by atoms with van der Waals surface area (Å²) >= 11 is 3.48. The molecule has 0 atom stereocenters. The second kappa shape index (κ2) is 4.19. The van der Waals surface area contributed by atoms with Crippen LogP contribution in [0.4, 0.5) is 5.69 Å². The number of aryl methyl sites for hydroxylation is 1. The number of anilines is 1. The summed E-state index contributed by atoms with van der Waals surface area (Å²) in [5, 5.41) is 4.52. The lowest BCUT2D eigenvalue weighted by molar-refractivity contribution is 1.19. The first-order valence-electron chi connectivity index (χ1n) is 5.01. The van der Waals surface area contributed by atoms with E-state index in [0.29, 0.717) is 0 Å². The van der Waals surface area contributed by atoms with Crippen LogP contribution in [0.5, 0.6) is 0 Å². The van der Waals surface area contributed by atoms with Gasteiger partial charge in [-0.2, -0.15) is 0 Å². The maximum Gasteiger partial charge on any atom is 0.0726 e. The third-order valence-electron chi connectivity index (χ3n) is 2.27. The summed E-state index contributed by atoms with van der Waals surface area (Å²) in [4.78, 5) is 4.50. The fraction of sp³-hybridized carbons (Fsp3) is 0.250. The fourth-order valence-corrected chi connectivity index (χ4v) is 2.03. The fourth-order valence-electron chi connectivity index (χ4n) is 1.67. The Morgan fingerprint density at radius 1 is 1.33 bits per heavy atom. The summed E-state index contributed by atoms with van der Waals surface area (Å²) in [6.45, 7) is 5.03. The molecule has 78 valence electrons. The molecular formula is C12H13BrN2. The zero-order valence-corrected chi connectivity index (χ0v) is 10.4. The van der Waals surface area contributed by atoms with E-state index in [1.807, 2.05) is 19.1 Å². The van der Waals surface area contributed by atoms with Crippen molar-refractivity contribution in [3.8, 4) is 0 Å². The monoisotopic (exact) mass is 264 g/mol. The van der Waals surface area contributed by atoms with Gasteiger partial charge in [0.25, 0.3) is 0 Å². The molecule has 2 rings (SSSR count). The lowest BCUT2D eigenvalue weighted by Crippen LogP contribution is -1.99. The van der Waals surface area contributed by atoms with Crippen LogP contribution in [0.15, 0.2) is 28.7 Å². The SMILES string of the molecule is CCNc1cc(C)nc2ccc(Br)cc12. The largest absolute Gasteiger partial charge is 0.385 e. The Kier molecular flexibility index (Phi) is 2.91. The molecule has 0 saturated heterocycles. The van der Waals surface area contributed by atoms with Crippen molar-refractivity contribution in [2.45, 2.75) is 13.8 Å². The molecule has 0 unspecified atom stereocenters. The lowest BCUT2D eigenvalue weighted by atomic mass is 10.1. The van der Waals surface area contributed by atoms with Crippen molar-refractivity contribution in [2.75, 3.05) is 11.9 Å². The third-order valence-corrected chi connectivity index (χ3v) is 2.76. The van der Waals surface area contributed by atoms with Gasteiger partial charge in [0.2, 0.25) is 0 Å². The number of aromatic nitrogens is 1. The minimum atomic E-state index is 0.922. The molecule has 1 N–H and O–H groups in total. The van der Waals surface area contributed by atoms with Crippen LogP contribution < -0.4 is 5.32 Å². The molecule has 0 fully saturated rings. The summed E-state index contributed by atoms with van der Waals surface area (Å²) in [7, 11) is 0.